The van der Waals surface area contributed by atoms with E-state index in [2.05, 4.69) is 4.74 Å². The van der Waals surface area contributed by atoms with Crippen LogP contribution in [-0.4, -0.2) is 25.2 Å². The molecule has 1 aliphatic carbocycles. The third-order valence-electron chi connectivity index (χ3n) is 3.82. The Kier molecular flexibility index (Phi) is 5.31. The van der Waals surface area contributed by atoms with E-state index >= 15 is 0 Å². The topological polar surface area (TPSA) is 52.6 Å². The van der Waals surface area contributed by atoms with Gasteiger partial charge in [0, 0.05) is 0 Å². The Bertz CT molecular complexity index is 488. The average molecular weight is 294 g/mol. The Morgan fingerprint density at radius 2 is 1.86 bits per heavy atom. The van der Waals surface area contributed by atoms with Gasteiger partial charge in [-0.2, -0.15) is 0 Å². The molecule has 0 amide bonds. The Morgan fingerprint density at radius 3 is 2.52 bits per heavy atom. The highest BCUT2D eigenvalue weighted by molar-refractivity contribution is 5.82. The fourth-order valence-electron chi connectivity index (χ4n) is 2.65. The molecule has 0 N–H and O–H groups in total. The number of methoxy groups -OCH3 is 1. The maximum Gasteiger partial charge on any atom is 0.310 e. The lowest BCUT2D eigenvalue weighted by Gasteiger charge is -2.29. The molecule has 0 aromatic heterocycles. The van der Waals surface area contributed by atoms with Crippen LogP contribution in [-0.2, 0) is 25.7 Å². The zero-order valence-corrected chi connectivity index (χ0v) is 12.0. The molecular formula is C16H19FO4. The first-order valence-electron chi connectivity index (χ1n) is 7.04. The molecule has 1 aromatic rings. The number of halogens is 1. The van der Waals surface area contributed by atoms with Crippen LogP contribution in [0.15, 0.2) is 30.3 Å². The van der Waals surface area contributed by atoms with E-state index in [0.717, 1.165) is 5.56 Å². The SMILES string of the molecule is COC(=O)[C@@H]1C[C@@H](F)CC[C@H]1C(=O)OCc1ccccc1. The highest BCUT2D eigenvalue weighted by atomic mass is 19.1. The number of carbonyl (C=O) groups is 2. The maximum atomic E-state index is 13.5. The number of hydrogen-bond donors (Lipinski definition) is 0. The van der Waals surface area contributed by atoms with Crippen molar-refractivity contribution in [3.05, 3.63) is 35.9 Å². The van der Waals surface area contributed by atoms with E-state index in [4.69, 9.17) is 4.74 Å². The van der Waals surface area contributed by atoms with Crippen molar-refractivity contribution in [3.63, 3.8) is 0 Å². The summed E-state index contributed by atoms with van der Waals surface area (Å²) in [5, 5.41) is 0. The summed E-state index contributed by atoms with van der Waals surface area (Å²) < 4.78 is 23.4. The van der Waals surface area contributed by atoms with Gasteiger partial charge in [-0.3, -0.25) is 9.59 Å². The molecule has 4 nitrogen and oxygen atoms in total. The van der Waals surface area contributed by atoms with Gasteiger partial charge in [0.2, 0.25) is 0 Å². The number of hydrogen-bond acceptors (Lipinski definition) is 4. The first-order chi connectivity index (χ1) is 10.1. The van der Waals surface area contributed by atoms with E-state index in [0.29, 0.717) is 6.42 Å². The van der Waals surface area contributed by atoms with Gasteiger partial charge in [0.15, 0.2) is 0 Å². The smallest absolute Gasteiger partial charge is 0.310 e. The van der Waals surface area contributed by atoms with Crippen LogP contribution >= 0.6 is 0 Å². The summed E-state index contributed by atoms with van der Waals surface area (Å²) in [6, 6.07) is 9.29. The zero-order chi connectivity index (χ0) is 15.2. The molecule has 5 heteroatoms. The van der Waals surface area contributed by atoms with E-state index in [1.807, 2.05) is 30.3 Å². The minimum Gasteiger partial charge on any atom is -0.469 e. The summed E-state index contributed by atoms with van der Waals surface area (Å²) in [6.45, 7) is 0.156. The number of benzene rings is 1. The van der Waals surface area contributed by atoms with E-state index in [1.165, 1.54) is 7.11 Å². The third-order valence-corrected chi connectivity index (χ3v) is 3.82. The molecule has 0 bridgehead atoms. The van der Waals surface area contributed by atoms with Crippen LogP contribution in [0.3, 0.4) is 0 Å². The first kappa shape index (κ1) is 15.5. The molecule has 0 spiro atoms. The normalized spacial score (nSPS) is 25.1. The molecule has 1 saturated carbocycles. The van der Waals surface area contributed by atoms with Gasteiger partial charge in [0.25, 0.3) is 0 Å². The van der Waals surface area contributed by atoms with E-state index in [-0.39, 0.29) is 19.4 Å². The van der Waals surface area contributed by atoms with Crippen molar-refractivity contribution in [1.29, 1.82) is 0 Å². The van der Waals surface area contributed by atoms with E-state index < -0.39 is 29.9 Å². The number of esters is 2. The van der Waals surface area contributed by atoms with Crippen LogP contribution in [0.1, 0.15) is 24.8 Å². The maximum absolute atomic E-state index is 13.5. The third kappa shape index (κ3) is 4.03. The molecule has 3 atom stereocenters. The van der Waals surface area contributed by atoms with Crippen LogP contribution in [0.5, 0.6) is 0 Å². The molecule has 1 fully saturated rings. The largest absolute Gasteiger partial charge is 0.469 e. The molecule has 0 radical (unpaired) electrons. The fourth-order valence-corrected chi connectivity index (χ4v) is 2.65. The molecule has 0 saturated heterocycles. The van der Waals surface area contributed by atoms with Crippen LogP contribution in [0.25, 0.3) is 0 Å². The van der Waals surface area contributed by atoms with Crippen LogP contribution in [0.2, 0.25) is 0 Å². The minimum atomic E-state index is -1.06. The second-order valence-electron chi connectivity index (χ2n) is 5.24. The molecular weight excluding hydrogens is 275 g/mol. The van der Waals surface area contributed by atoms with Gasteiger partial charge in [-0.1, -0.05) is 30.3 Å². The minimum absolute atomic E-state index is 0.0256. The lowest BCUT2D eigenvalue weighted by atomic mass is 9.78. The number of carbonyl (C=O) groups excluding carboxylic acids is 2. The van der Waals surface area contributed by atoms with Gasteiger partial charge >= 0.3 is 11.9 Å². The number of ether oxygens (including phenoxy) is 2. The summed E-state index contributed by atoms with van der Waals surface area (Å²) >= 11 is 0. The van der Waals surface area contributed by atoms with Gasteiger partial charge in [0.05, 0.1) is 18.9 Å². The Morgan fingerprint density at radius 1 is 1.14 bits per heavy atom. The van der Waals surface area contributed by atoms with Crippen LogP contribution < -0.4 is 0 Å². The predicted molar refractivity (Wildman–Crippen MR) is 74.0 cm³/mol. The van der Waals surface area contributed by atoms with Crippen molar-refractivity contribution < 1.29 is 23.5 Å². The predicted octanol–water partition coefficient (Wildman–Crippen LogP) is 2.66. The second-order valence-corrected chi connectivity index (χ2v) is 5.24. The molecule has 0 heterocycles. The number of rotatable bonds is 4. The van der Waals surface area contributed by atoms with Crippen molar-refractivity contribution in [3.8, 4) is 0 Å². The summed E-state index contributed by atoms with van der Waals surface area (Å²) in [5.74, 6) is -2.37. The lowest BCUT2D eigenvalue weighted by Crippen LogP contribution is -2.37. The summed E-state index contributed by atoms with van der Waals surface area (Å²) in [7, 11) is 1.25. The Hall–Kier alpha value is -1.91. The summed E-state index contributed by atoms with van der Waals surface area (Å²) in [4.78, 5) is 23.9. The molecule has 21 heavy (non-hydrogen) atoms. The summed E-state index contributed by atoms with van der Waals surface area (Å²) in [5.41, 5.74) is 0.875. The monoisotopic (exact) mass is 294 g/mol. The van der Waals surface area contributed by atoms with Crippen molar-refractivity contribution in [1.82, 2.24) is 0 Å². The zero-order valence-electron chi connectivity index (χ0n) is 12.0. The van der Waals surface area contributed by atoms with Crippen LogP contribution in [0.4, 0.5) is 4.39 Å². The Labute approximate surface area is 123 Å². The van der Waals surface area contributed by atoms with Crippen LogP contribution in [0, 0.1) is 11.8 Å². The van der Waals surface area contributed by atoms with Gasteiger partial charge < -0.3 is 9.47 Å². The molecule has 1 aromatic carbocycles. The van der Waals surface area contributed by atoms with Gasteiger partial charge in [-0.05, 0) is 24.8 Å². The van der Waals surface area contributed by atoms with E-state index in [1.54, 1.807) is 0 Å². The molecule has 114 valence electrons. The quantitative estimate of drug-likeness (QED) is 0.801. The number of alkyl halides is 1. The van der Waals surface area contributed by atoms with Gasteiger partial charge in [0.1, 0.15) is 12.8 Å². The second kappa shape index (κ2) is 7.20. The summed E-state index contributed by atoms with van der Waals surface area (Å²) in [6.07, 6.45) is -0.447. The standard InChI is InChI=1S/C16H19FO4/c1-20-15(18)14-9-12(17)7-8-13(14)16(19)21-10-11-5-3-2-4-6-11/h2-6,12-14H,7-10H2,1H3/t12-,13+,14+/m0/s1. The van der Waals surface area contributed by atoms with E-state index in [9.17, 15) is 14.0 Å². The Balaban J connectivity index is 1.97. The van der Waals surface area contributed by atoms with Crippen molar-refractivity contribution in [2.24, 2.45) is 11.8 Å². The van der Waals surface area contributed by atoms with Crippen molar-refractivity contribution in [2.45, 2.75) is 32.0 Å². The first-order valence-corrected chi connectivity index (χ1v) is 7.04. The lowest BCUT2D eigenvalue weighted by molar-refractivity contribution is -0.163. The van der Waals surface area contributed by atoms with Crippen molar-refractivity contribution >= 4 is 11.9 Å². The average Bonchev–Trinajstić information content (AvgIpc) is 2.52. The molecule has 2 rings (SSSR count). The van der Waals surface area contributed by atoms with Gasteiger partial charge in [-0.25, -0.2) is 4.39 Å². The van der Waals surface area contributed by atoms with Crippen molar-refractivity contribution in [2.75, 3.05) is 7.11 Å². The molecule has 0 unspecified atom stereocenters. The van der Waals surface area contributed by atoms with Gasteiger partial charge in [-0.15, -0.1) is 0 Å². The molecule has 0 aliphatic heterocycles. The molecule has 1 aliphatic rings. The highest BCUT2D eigenvalue weighted by Crippen LogP contribution is 2.33. The fraction of sp³-hybridized carbons (Fsp3) is 0.500. The highest BCUT2D eigenvalue weighted by Gasteiger charge is 2.41.